The molecule has 1 N–H and O–H groups in total. The molecule has 2 rings (SSSR count). The quantitative estimate of drug-likeness (QED) is 0.829. The third-order valence-electron chi connectivity index (χ3n) is 2.80. The van der Waals surface area contributed by atoms with Crippen molar-refractivity contribution >= 4 is 21.8 Å². The summed E-state index contributed by atoms with van der Waals surface area (Å²) in [5.74, 6) is -0.0358. The third-order valence-corrected chi connectivity index (χ3v) is 3.89. The molecular weight excluding hydrogens is 258 g/mol. The number of hydrogen-bond acceptors (Lipinski definition) is 2. The number of aryl methyl sites for hydroxylation is 1. The molecular formula is C10H14BrN3O. The van der Waals surface area contributed by atoms with E-state index in [1.807, 2.05) is 7.05 Å². The SMILES string of the molecule is Cn1cncc1C(=O)NC1CCCC1Br. The summed E-state index contributed by atoms with van der Waals surface area (Å²) in [7, 11) is 1.82. The molecule has 82 valence electrons. The third kappa shape index (κ3) is 2.22. The van der Waals surface area contributed by atoms with E-state index in [-0.39, 0.29) is 11.9 Å². The van der Waals surface area contributed by atoms with Crippen molar-refractivity contribution in [3.63, 3.8) is 0 Å². The van der Waals surface area contributed by atoms with Crippen LogP contribution in [0.1, 0.15) is 29.8 Å². The van der Waals surface area contributed by atoms with Crippen molar-refractivity contribution in [1.29, 1.82) is 0 Å². The summed E-state index contributed by atoms with van der Waals surface area (Å²) in [6, 6.07) is 0.257. The minimum absolute atomic E-state index is 0.0358. The summed E-state index contributed by atoms with van der Waals surface area (Å²) < 4.78 is 1.73. The summed E-state index contributed by atoms with van der Waals surface area (Å²) in [6.45, 7) is 0. The highest BCUT2D eigenvalue weighted by molar-refractivity contribution is 9.09. The minimum atomic E-state index is -0.0358. The molecule has 1 aromatic rings. The number of aromatic nitrogens is 2. The molecule has 15 heavy (non-hydrogen) atoms. The van der Waals surface area contributed by atoms with Gasteiger partial charge in [0.25, 0.3) is 5.91 Å². The van der Waals surface area contributed by atoms with Crippen LogP contribution in [0.3, 0.4) is 0 Å². The van der Waals surface area contributed by atoms with Crippen LogP contribution in [0.4, 0.5) is 0 Å². The maximum atomic E-state index is 11.8. The van der Waals surface area contributed by atoms with Gasteiger partial charge in [-0.25, -0.2) is 4.98 Å². The van der Waals surface area contributed by atoms with E-state index in [2.05, 4.69) is 26.2 Å². The average molecular weight is 272 g/mol. The van der Waals surface area contributed by atoms with Gasteiger partial charge in [-0.15, -0.1) is 0 Å². The Bertz CT molecular complexity index is 363. The van der Waals surface area contributed by atoms with Crippen LogP contribution in [0.25, 0.3) is 0 Å². The number of hydrogen-bond donors (Lipinski definition) is 1. The fourth-order valence-corrected chi connectivity index (χ4v) is 2.62. The van der Waals surface area contributed by atoms with E-state index in [0.717, 1.165) is 12.8 Å². The Morgan fingerprint density at radius 3 is 3.00 bits per heavy atom. The average Bonchev–Trinajstić information content (AvgIpc) is 2.76. The minimum Gasteiger partial charge on any atom is -0.347 e. The maximum Gasteiger partial charge on any atom is 0.269 e. The first-order chi connectivity index (χ1) is 7.18. The number of nitrogens with one attached hydrogen (secondary N) is 1. The van der Waals surface area contributed by atoms with Gasteiger partial charge in [0.05, 0.1) is 12.5 Å². The van der Waals surface area contributed by atoms with Gasteiger partial charge in [0.15, 0.2) is 0 Å². The summed E-state index contributed by atoms with van der Waals surface area (Å²) in [5, 5.41) is 3.03. The van der Waals surface area contributed by atoms with Gasteiger partial charge in [-0.3, -0.25) is 4.79 Å². The van der Waals surface area contributed by atoms with Gasteiger partial charge in [0.1, 0.15) is 5.69 Å². The zero-order valence-electron chi connectivity index (χ0n) is 8.61. The topological polar surface area (TPSA) is 46.9 Å². The lowest BCUT2D eigenvalue weighted by molar-refractivity contribution is 0.0930. The Morgan fingerprint density at radius 2 is 2.47 bits per heavy atom. The molecule has 1 fully saturated rings. The molecule has 0 aliphatic heterocycles. The van der Waals surface area contributed by atoms with Crippen LogP contribution in [-0.4, -0.2) is 26.3 Å². The van der Waals surface area contributed by atoms with E-state index in [9.17, 15) is 4.79 Å². The van der Waals surface area contributed by atoms with Gasteiger partial charge in [-0.1, -0.05) is 22.4 Å². The highest BCUT2D eigenvalue weighted by atomic mass is 79.9. The Morgan fingerprint density at radius 1 is 1.67 bits per heavy atom. The number of rotatable bonds is 2. The van der Waals surface area contributed by atoms with E-state index in [1.54, 1.807) is 17.1 Å². The second-order valence-electron chi connectivity index (χ2n) is 3.92. The van der Waals surface area contributed by atoms with Gasteiger partial charge < -0.3 is 9.88 Å². The number of carbonyl (C=O) groups is 1. The second-order valence-corrected chi connectivity index (χ2v) is 5.09. The number of nitrogens with zero attached hydrogens (tertiary/aromatic N) is 2. The first kappa shape index (κ1) is 10.7. The lowest BCUT2D eigenvalue weighted by Crippen LogP contribution is -2.38. The fraction of sp³-hybridized carbons (Fsp3) is 0.600. The van der Waals surface area contributed by atoms with E-state index >= 15 is 0 Å². The summed E-state index contributed by atoms with van der Waals surface area (Å²) >= 11 is 3.58. The van der Waals surface area contributed by atoms with Crippen molar-refractivity contribution in [2.45, 2.75) is 30.1 Å². The number of imidazole rings is 1. The van der Waals surface area contributed by atoms with Crippen LogP contribution in [0, 0.1) is 0 Å². The molecule has 0 spiro atoms. The predicted octanol–water partition coefficient (Wildman–Crippen LogP) is 1.47. The molecule has 2 atom stereocenters. The van der Waals surface area contributed by atoms with E-state index in [1.165, 1.54) is 6.42 Å². The Kier molecular flexibility index (Phi) is 3.09. The predicted molar refractivity (Wildman–Crippen MR) is 61.0 cm³/mol. The maximum absolute atomic E-state index is 11.8. The Labute approximate surface area is 97.2 Å². The molecule has 1 heterocycles. The lowest BCUT2D eigenvalue weighted by atomic mass is 10.2. The Hall–Kier alpha value is -0.840. The van der Waals surface area contributed by atoms with Crippen molar-refractivity contribution in [3.8, 4) is 0 Å². The normalized spacial score (nSPS) is 25.5. The molecule has 0 radical (unpaired) electrons. The van der Waals surface area contributed by atoms with Crippen molar-refractivity contribution in [2.24, 2.45) is 7.05 Å². The largest absolute Gasteiger partial charge is 0.347 e. The summed E-state index contributed by atoms with van der Waals surface area (Å²) in [5.41, 5.74) is 0.613. The van der Waals surface area contributed by atoms with Gasteiger partial charge in [0.2, 0.25) is 0 Å². The lowest BCUT2D eigenvalue weighted by Gasteiger charge is -2.15. The standard InChI is InChI=1S/C10H14BrN3O/c1-14-6-12-5-9(14)10(15)13-8-4-2-3-7(8)11/h5-8H,2-4H2,1H3,(H,13,15). The zero-order valence-corrected chi connectivity index (χ0v) is 10.2. The van der Waals surface area contributed by atoms with Gasteiger partial charge in [-0.2, -0.15) is 0 Å². The second kappa shape index (κ2) is 4.35. The number of alkyl halides is 1. The number of halogens is 1. The van der Waals surface area contributed by atoms with Crippen LogP contribution in [0.2, 0.25) is 0 Å². The molecule has 2 unspecified atom stereocenters. The van der Waals surface area contributed by atoms with Crippen LogP contribution in [0.15, 0.2) is 12.5 Å². The molecule has 0 aromatic carbocycles. The summed E-state index contributed by atoms with van der Waals surface area (Å²) in [6.07, 6.45) is 6.59. The molecule has 1 aliphatic carbocycles. The molecule has 0 bridgehead atoms. The summed E-state index contributed by atoms with van der Waals surface area (Å²) in [4.78, 5) is 16.2. The van der Waals surface area contributed by atoms with E-state index in [0.29, 0.717) is 10.5 Å². The number of carbonyl (C=O) groups excluding carboxylic acids is 1. The first-order valence-electron chi connectivity index (χ1n) is 5.09. The molecule has 4 nitrogen and oxygen atoms in total. The van der Waals surface area contributed by atoms with Crippen LogP contribution < -0.4 is 5.32 Å². The molecule has 0 saturated heterocycles. The van der Waals surface area contributed by atoms with Gasteiger partial charge in [0, 0.05) is 17.9 Å². The molecule has 1 saturated carbocycles. The van der Waals surface area contributed by atoms with Crippen LogP contribution in [0.5, 0.6) is 0 Å². The molecule has 5 heteroatoms. The van der Waals surface area contributed by atoms with E-state index in [4.69, 9.17) is 0 Å². The highest BCUT2D eigenvalue weighted by Gasteiger charge is 2.27. The number of amides is 1. The van der Waals surface area contributed by atoms with E-state index < -0.39 is 0 Å². The molecule has 1 aliphatic rings. The van der Waals surface area contributed by atoms with Crippen molar-refractivity contribution in [2.75, 3.05) is 0 Å². The van der Waals surface area contributed by atoms with Crippen LogP contribution in [-0.2, 0) is 7.05 Å². The monoisotopic (exact) mass is 271 g/mol. The van der Waals surface area contributed by atoms with Crippen molar-refractivity contribution in [1.82, 2.24) is 14.9 Å². The molecule has 1 aromatic heterocycles. The Balaban J connectivity index is 2.01. The first-order valence-corrected chi connectivity index (χ1v) is 6.01. The van der Waals surface area contributed by atoms with Gasteiger partial charge in [-0.05, 0) is 12.8 Å². The highest BCUT2D eigenvalue weighted by Crippen LogP contribution is 2.25. The molecule has 1 amide bonds. The zero-order chi connectivity index (χ0) is 10.8. The van der Waals surface area contributed by atoms with Crippen LogP contribution >= 0.6 is 15.9 Å². The smallest absolute Gasteiger partial charge is 0.269 e. The van der Waals surface area contributed by atoms with Crippen molar-refractivity contribution < 1.29 is 4.79 Å². The van der Waals surface area contributed by atoms with Crippen molar-refractivity contribution in [3.05, 3.63) is 18.2 Å². The fourth-order valence-electron chi connectivity index (χ4n) is 1.90. The van der Waals surface area contributed by atoms with Gasteiger partial charge >= 0.3 is 0 Å².